The van der Waals surface area contributed by atoms with Gasteiger partial charge in [-0.15, -0.1) is 0 Å². The Morgan fingerprint density at radius 3 is 2.62 bits per heavy atom. The number of ether oxygens (including phenoxy) is 1. The molecule has 0 aliphatic carbocycles. The van der Waals surface area contributed by atoms with Crippen molar-refractivity contribution in [3.63, 3.8) is 0 Å². The summed E-state index contributed by atoms with van der Waals surface area (Å²) in [4.78, 5) is 15.7. The van der Waals surface area contributed by atoms with E-state index in [2.05, 4.69) is 29.3 Å². The third kappa shape index (κ3) is 5.37. The van der Waals surface area contributed by atoms with Crippen molar-refractivity contribution in [3.8, 4) is 17.0 Å². The van der Waals surface area contributed by atoms with E-state index in [1.165, 1.54) is 19.3 Å². The molecule has 0 spiro atoms. The molecule has 168 valence electrons. The highest BCUT2D eigenvalue weighted by Gasteiger charge is 2.21. The molecule has 3 aromatic rings. The molecule has 0 saturated carbocycles. The number of amides is 1. The molecule has 1 aliphatic heterocycles. The van der Waals surface area contributed by atoms with Crippen molar-refractivity contribution in [3.05, 3.63) is 71.9 Å². The van der Waals surface area contributed by atoms with Crippen molar-refractivity contribution >= 4 is 5.91 Å². The molecule has 1 atom stereocenters. The molecule has 1 fully saturated rings. The molecule has 4 rings (SSSR count). The number of hydrogen-bond acceptors (Lipinski definition) is 4. The molecular formula is C26H32N4O2. The lowest BCUT2D eigenvalue weighted by Gasteiger charge is -2.32. The molecule has 2 aromatic carbocycles. The van der Waals surface area contributed by atoms with Crippen LogP contribution in [0.3, 0.4) is 0 Å². The lowest BCUT2D eigenvalue weighted by molar-refractivity contribution is 0.0930. The Morgan fingerprint density at radius 2 is 1.88 bits per heavy atom. The van der Waals surface area contributed by atoms with Crippen LogP contribution in [0.2, 0.25) is 0 Å². The first kappa shape index (κ1) is 22.1. The Kier molecular flexibility index (Phi) is 7.22. The molecule has 0 radical (unpaired) electrons. The van der Waals surface area contributed by atoms with Crippen LogP contribution in [0.1, 0.15) is 42.1 Å². The monoisotopic (exact) mass is 432 g/mol. The molecule has 1 N–H and O–H groups in total. The summed E-state index contributed by atoms with van der Waals surface area (Å²) in [6, 6.07) is 18.2. The van der Waals surface area contributed by atoms with E-state index in [9.17, 15) is 4.79 Å². The Morgan fingerprint density at radius 1 is 1.09 bits per heavy atom. The van der Waals surface area contributed by atoms with E-state index in [-0.39, 0.29) is 5.91 Å². The maximum Gasteiger partial charge on any atom is 0.255 e. The van der Waals surface area contributed by atoms with Gasteiger partial charge in [0.15, 0.2) is 0 Å². The van der Waals surface area contributed by atoms with Crippen LogP contribution in [-0.4, -0.2) is 53.4 Å². The number of likely N-dealkylation sites (tertiary alicyclic amines) is 1. The second-order valence-electron chi connectivity index (χ2n) is 8.46. The second-order valence-corrected chi connectivity index (χ2v) is 8.46. The van der Waals surface area contributed by atoms with Crippen LogP contribution in [0, 0.1) is 0 Å². The molecule has 1 amide bonds. The van der Waals surface area contributed by atoms with E-state index in [4.69, 9.17) is 9.84 Å². The predicted molar refractivity (Wildman–Crippen MR) is 127 cm³/mol. The van der Waals surface area contributed by atoms with Crippen molar-refractivity contribution in [1.29, 1.82) is 0 Å². The second kappa shape index (κ2) is 10.5. The van der Waals surface area contributed by atoms with Crippen molar-refractivity contribution < 1.29 is 9.53 Å². The topological polar surface area (TPSA) is 59.4 Å². The average Bonchev–Trinajstić information content (AvgIpc) is 3.27. The number of methoxy groups -OCH3 is 1. The van der Waals surface area contributed by atoms with Gasteiger partial charge in [0.1, 0.15) is 11.4 Å². The summed E-state index contributed by atoms with van der Waals surface area (Å²) >= 11 is 0. The van der Waals surface area contributed by atoms with Gasteiger partial charge in [-0.2, -0.15) is 5.10 Å². The minimum Gasteiger partial charge on any atom is -0.497 e. The van der Waals surface area contributed by atoms with E-state index in [1.807, 2.05) is 53.3 Å². The predicted octanol–water partition coefficient (Wildman–Crippen LogP) is 4.21. The van der Waals surface area contributed by atoms with Crippen LogP contribution >= 0.6 is 0 Å². The van der Waals surface area contributed by atoms with Gasteiger partial charge in [0.25, 0.3) is 5.91 Å². The first-order valence-corrected chi connectivity index (χ1v) is 11.4. The first-order valence-electron chi connectivity index (χ1n) is 11.4. The van der Waals surface area contributed by atoms with Crippen LogP contribution in [0.4, 0.5) is 0 Å². The van der Waals surface area contributed by atoms with Crippen molar-refractivity contribution in [2.75, 3.05) is 26.7 Å². The van der Waals surface area contributed by atoms with Crippen molar-refractivity contribution in [1.82, 2.24) is 20.0 Å². The zero-order chi connectivity index (χ0) is 22.3. The maximum absolute atomic E-state index is 13.2. The summed E-state index contributed by atoms with van der Waals surface area (Å²) in [5.41, 5.74) is 3.26. The number of carbonyl (C=O) groups is 1. The Hall–Kier alpha value is -3.12. The number of nitrogens with zero attached hydrogens (tertiary/aromatic N) is 3. The largest absolute Gasteiger partial charge is 0.497 e. The van der Waals surface area contributed by atoms with Crippen LogP contribution in [0.5, 0.6) is 5.75 Å². The summed E-state index contributed by atoms with van der Waals surface area (Å²) in [6.45, 7) is 5.64. The van der Waals surface area contributed by atoms with Gasteiger partial charge in [0, 0.05) is 24.3 Å². The Bertz CT molecular complexity index is 1030. The average molecular weight is 433 g/mol. The molecule has 6 heteroatoms. The lowest BCUT2D eigenvalue weighted by Crippen LogP contribution is -2.44. The normalized spacial score (nSPS) is 15.3. The Labute approximate surface area is 190 Å². The van der Waals surface area contributed by atoms with Gasteiger partial charge in [-0.25, -0.2) is 0 Å². The minimum absolute atomic E-state index is 0.0917. The van der Waals surface area contributed by atoms with Crippen molar-refractivity contribution in [2.45, 2.75) is 38.8 Å². The van der Waals surface area contributed by atoms with Gasteiger partial charge in [0.05, 0.1) is 19.2 Å². The summed E-state index contributed by atoms with van der Waals surface area (Å²) in [5, 5.41) is 7.93. The van der Waals surface area contributed by atoms with E-state index in [0.717, 1.165) is 30.0 Å². The molecule has 1 aromatic heterocycles. The van der Waals surface area contributed by atoms with Crippen LogP contribution < -0.4 is 10.1 Å². The van der Waals surface area contributed by atoms with Gasteiger partial charge in [-0.1, -0.05) is 48.9 Å². The van der Waals surface area contributed by atoms with Gasteiger partial charge < -0.3 is 10.1 Å². The lowest BCUT2D eigenvalue weighted by atomic mass is 10.1. The van der Waals surface area contributed by atoms with Crippen LogP contribution in [-0.2, 0) is 6.54 Å². The van der Waals surface area contributed by atoms with Gasteiger partial charge in [-0.3, -0.25) is 14.4 Å². The standard InChI is InChI=1S/C26H32N4O2/c1-20(29-14-7-4-8-15-29)17-27-26(31)24-19-30(18-21-10-5-3-6-11-21)28-25(24)22-12-9-13-23(16-22)32-2/h3,5-6,9-13,16,19-20H,4,7-8,14-15,17-18H2,1-2H3,(H,27,31)/t20-/m1/s1. The molecule has 2 heterocycles. The molecule has 1 saturated heterocycles. The summed E-state index contributed by atoms with van der Waals surface area (Å²) in [6.07, 6.45) is 5.64. The third-order valence-electron chi connectivity index (χ3n) is 6.11. The zero-order valence-corrected chi connectivity index (χ0v) is 19.0. The molecule has 32 heavy (non-hydrogen) atoms. The number of benzene rings is 2. The molecule has 1 aliphatic rings. The summed E-state index contributed by atoms with van der Waals surface area (Å²) in [5.74, 6) is 0.649. The maximum atomic E-state index is 13.2. The third-order valence-corrected chi connectivity index (χ3v) is 6.11. The highest BCUT2D eigenvalue weighted by Crippen LogP contribution is 2.26. The van der Waals surface area contributed by atoms with Crippen LogP contribution in [0.25, 0.3) is 11.3 Å². The highest BCUT2D eigenvalue weighted by atomic mass is 16.5. The van der Waals surface area contributed by atoms with E-state index in [1.54, 1.807) is 7.11 Å². The van der Waals surface area contributed by atoms with Crippen molar-refractivity contribution in [2.24, 2.45) is 0 Å². The summed E-state index contributed by atoms with van der Waals surface area (Å²) < 4.78 is 7.23. The fourth-order valence-corrected chi connectivity index (χ4v) is 4.25. The summed E-state index contributed by atoms with van der Waals surface area (Å²) in [7, 11) is 1.64. The highest BCUT2D eigenvalue weighted by molar-refractivity contribution is 5.99. The quantitative estimate of drug-likeness (QED) is 0.579. The fraction of sp³-hybridized carbons (Fsp3) is 0.385. The number of piperidine rings is 1. The fourth-order valence-electron chi connectivity index (χ4n) is 4.25. The molecule has 6 nitrogen and oxygen atoms in total. The van der Waals surface area contributed by atoms with E-state index in [0.29, 0.717) is 30.4 Å². The van der Waals surface area contributed by atoms with Gasteiger partial charge in [-0.05, 0) is 50.6 Å². The first-order chi connectivity index (χ1) is 15.6. The zero-order valence-electron chi connectivity index (χ0n) is 19.0. The number of aromatic nitrogens is 2. The van der Waals surface area contributed by atoms with Crippen LogP contribution in [0.15, 0.2) is 60.8 Å². The number of carbonyl (C=O) groups excluding carboxylic acids is 1. The van der Waals surface area contributed by atoms with Gasteiger partial charge >= 0.3 is 0 Å². The number of rotatable bonds is 8. The van der Waals surface area contributed by atoms with Gasteiger partial charge in [0.2, 0.25) is 0 Å². The Balaban J connectivity index is 1.56. The SMILES string of the molecule is COc1cccc(-c2nn(Cc3ccccc3)cc2C(=O)NC[C@@H](C)N2CCCCC2)c1. The molecular weight excluding hydrogens is 400 g/mol. The number of nitrogens with one attached hydrogen (secondary N) is 1. The minimum atomic E-state index is -0.0917. The van der Waals surface area contributed by atoms with E-state index >= 15 is 0 Å². The molecule has 0 bridgehead atoms. The van der Waals surface area contributed by atoms with E-state index < -0.39 is 0 Å². The molecule has 0 unspecified atom stereocenters. The number of hydrogen-bond donors (Lipinski definition) is 1. The smallest absolute Gasteiger partial charge is 0.255 e.